The average molecular weight is 397 g/mol. The van der Waals surface area contributed by atoms with Gasteiger partial charge in [-0.2, -0.15) is 10.4 Å². The Morgan fingerprint density at radius 2 is 2.03 bits per heavy atom. The fourth-order valence-electron chi connectivity index (χ4n) is 3.50. The van der Waals surface area contributed by atoms with Crippen molar-refractivity contribution in [2.45, 2.75) is 25.0 Å². The number of amides is 2. The molecule has 2 atom stereocenters. The molecule has 0 spiro atoms. The highest BCUT2D eigenvalue weighted by atomic mass is 19.1. The van der Waals surface area contributed by atoms with Crippen molar-refractivity contribution in [3.63, 3.8) is 0 Å². The summed E-state index contributed by atoms with van der Waals surface area (Å²) in [5.41, 5.74) is 0.801. The topological polar surface area (TPSA) is 81.8 Å². The molecule has 0 bridgehead atoms. The summed E-state index contributed by atoms with van der Waals surface area (Å²) in [6, 6.07) is 7.47. The van der Waals surface area contributed by atoms with Crippen LogP contribution in [0, 0.1) is 23.0 Å². The Labute approximate surface area is 165 Å². The molecule has 2 aliphatic rings. The number of hydrogen-bond acceptors (Lipinski definition) is 5. The number of benzene rings is 1. The molecule has 2 amide bonds. The first-order valence-electron chi connectivity index (χ1n) is 9.13. The minimum Gasteiger partial charge on any atom is -0.472 e. The van der Waals surface area contributed by atoms with E-state index in [0.717, 1.165) is 6.07 Å². The van der Waals surface area contributed by atoms with Gasteiger partial charge in [-0.25, -0.2) is 23.6 Å². The molecular formula is C20H17F2N5O2. The van der Waals surface area contributed by atoms with Gasteiger partial charge in [-0.15, -0.1) is 0 Å². The quantitative estimate of drug-likeness (QED) is 0.796. The standard InChI is InChI=1S/C20H17F2N5O2/c21-15-8-14(9-16(22)10-15)18-2-5-25-27(18)20(28)26-6-3-17(12-26)29-19-7-13(11-23)1-4-24-19/h1,4-5,7-10,17-18H,2-3,6,12H2/t17-,18+/m1/s1. The lowest BCUT2D eigenvalue weighted by atomic mass is 10.0. The number of nitriles is 1. The molecule has 4 rings (SSSR count). The van der Waals surface area contributed by atoms with E-state index < -0.39 is 17.7 Å². The number of carbonyl (C=O) groups excluding carboxylic acids is 1. The first kappa shape index (κ1) is 18.8. The number of ether oxygens (including phenoxy) is 1. The molecule has 0 aliphatic carbocycles. The minimum atomic E-state index is -0.693. The van der Waals surface area contributed by atoms with Gasteiger partial charge in [0.25, 0.3) is 0 Å². The van der Waals surface area contributed by atoms with E-state index in [1.54, 1.807) is 23.2 Å². The lowest BCUT2D eigenvalue weighted by Gasteiger charge is -2.27. The van der Waals surface area contributed by atoms with Crippen molar-refractivity contribution in [1.29, 1.82) is 5.26 Å². The maximum absolute atomic E-state index is 13.6. The molecule has 1 saturated heterocycles. The zero-order chi connectivity index (χ0) is 20.4. The van der Waals surface area contributed by atoms with Gasteiger partial charge in [-0.1, -0.05) is 0 Å². The van der Waals surface area contributed by atoms with Gasteiger partial charge in [0.15, 0.2) is 0 Å². The second-order valence-corrected chi connectivity index (χ2v) is 6.85. The Balaban J connectivity index is 1.43. The normalized spacial score (nSPS) is 20.7. The maximum Gasteiger partial charge on any atom is 0.341 e. The van der Waals surface area contributed by atoms with E-state index >= 15 is 0 Å². The van der Waals surface area contributed by atoms with E-state index in [1.165, 1.54) is 23.3 Å². The van der Waals surface area contributed by atoms with Crippen LogP contribution < -0.4 is 4.74 Å². The number of carbonyl (C=O) groups is 1. The Morgan fingerprint density at radius 3 is 2.79 bits per heavy atom. The highest BCUT2D eigenvalue weighted by Gasteiger charge is 2.36. The number of rotatable bonds is 3. The van der Waals surface area contributed by atoms with E-state index in [-0.39, 0.29) is 12.1 Å². The van der Waals surface area contributed by atoms with Crippen LogP contribution in [0.15, 0.2) is 41.6 Å². The van der Waals surface area contributed by atoms with Crippen LogP contribution >= 0.6 is 0 Å². The summed E-state index contributed by atoms with van der Waals surface area (Å²) in [6.07, 6.45) is 3.77. The first-order valence-corrected chi connectivity index (χ1v) is 9.13. The van der Waals surface area contributed by atoms with E-state index in [1.807, 2.05) is 6.07 Å². The van der Waals surface area contributed by atoms with E-state index in [0.29, 0.717) is 42.9 Å². The van der Waals surface area contributed by atoms with Gasteiger partial charge in [0.2, 0.25) is 5.88 Å². The third kappa shape index (κ3) is 4.01. The number of likely N-dealkylation sites (tertiary alicyclic amines) is 1. The predicted molar refractivity (Wildman–Crippen MR) is 99.0 cm³/mol. The second-order valence-electron chi connectivity index (χ2n) is 6.85. The van der Waals surface area contributed by atoms with Crippen molar-refractivity contribution in [3.8, 4) is 11.9 Å². The van der Waals surface area contributed by atoms with Crippen LogP contribution in [0.4, 0.5) is 13.6 Å². The highest BCUT2D eigenvalue weighted by molar-refractivity contribution is 5.78. The highest BCUT2D eigenvalue weighted by Crippen LogP contribution is 2.31. The largest absolute Gasteiger partial charge is 0.472 e. The van der Waals surface area contributed by atoms with E-state index in [9.17, 15) is 13.6 Å². The summed E-state index contributed by atoms with van der Waals surface area (Å²) in [5, 5.41) is 14.3. The second kappa shape index (κ2) is 7.83. The molecule has 1 aromatic heterocycles. The Morgan fingerprint density at radius 1 is 1.24 bits per heavy atom. The minimum absolute atomic E-state index is 0.267. The molecule has 2 aliphatic heterocycles. The maximum atomic E-state index is 13.6. The van der Waals surface area contributed by atoms with Gasteiger partial charge in [0.1, 0.15) is 17.7 Å². The Bertz CT molecular complexity index is 986. The van der Waals surface area contributed by atoms with Gasteiger partial charge in [-0.3, -0.25) is 0 Å². The van der Waals surface area contributed by atoms with Crippen LogP contribution in [-0.2, 0) is 0 Å². The molecule has 0 radical (unpaired) electrons. The van der Waals surface area contributed by atoms with Crippen LogP contribution in [0.3, 0.4) is 0 Å². The lowest BCUT2D eigenvalue weighted by molar-refractivity contribution is 0.141. The van der Waals surface area contributed by atoms with Gasteiger partial charge in [0.05, 0.1) is 24.2 Å². The molecule has 0 saturated carbocycles. The van der Waals surface area contributed by atoms with Crippen molar-refractivity contribution in [2.75, 3.05) is 13.1 Å². The fourth-order valence-corrected chi connectivity index (χ4v) is 3.50. The predicted octanol–water partition coefficient (Wildman–Crippen LogP) is 3.24. The van der Waals surface area contributed by atoms with Gasteiger partial charge < -0.3 is 9.64 Å². The fraction of sp³-hybridized carbons (Fsp3) is 0.300. The molecule has 7 nitrogen and oxygen atoms in total. The molecule has 0 N–H and O–H groups in total. The average Bonchev–Trinajstić information content (AvgIpc) is 3.36. The van der Waals surface area contributed by atoms with Crippen LogP contribution in [0.5, 0.6) is 5.88 Å². The number of hydrazone groups is 1. The number of nitrogens with zero attached hydrogens (tertiary/aromatic N) is 5. The summed E-state index contributed by atoms with van der Waals surface area (Å²) < 4.78 is 33.0. The summed E-state index contributed by atoms with van der Waals surface area (Å²) in [6.45, 7) is 0.783. The molecule has 1 aromatic carbocycles. The van der Waals surface area contributed by atoms with Crippen LogP contribution in [-0.4, -0.2) is 46.3 Å². The number of urea groups is 1. The monoisotopic (exact) mass is 397 g/mol. The van der Waals surface area contributed by atoms with Crippen LogP contribution in [0.1, 0.15) is 30.0 Å². The summed E-state index contributed by atoms with van der Waals surface area (Å²) in [4.78, 5) is 18.6. The van der Waals surface area contributed by atoms with Crippen molar-refractivity contribution < 1.29 is 18.3 Å². The third-order valence-corrected chi connectivity index (χ3v) is 4.86. The van der Waals surface area contributed by atoms with Gasteiger partial charge in [0, 0.05) is 43.9 Å². The van der Waals surface area contributed by atoms with Crippen molar-refractivity contribution in [2.24, 2.45) is 5.10 Å². The summed E-state index contributed by atoms with van der Waals surface area (Å²) >= 11 is 0. The summed E-state index contributed by atoms with van der Waals surface area (Å²) in [5.74, 6) is -1.06. The molecule has 3 heterocycles. The number of hydrogen-bond donors (Lipinski definition) is 0. The molecule has 2 aromatic rings. The van der Waals surface area contributed by atoms with Crippen molar-refractivity contribution >= 4 is 12.2 Å². The Hall–Kier alpha value is -3.54. The lowest BCUT2D eigenvalue weighted by Crippen LogP contribution is -2.40. The molecular weight excluding hydrogens is 380 g/mol. The smallest absolute Gasteiger partial charge is 0.341 e. The van der Waals surface area contributed by atoms with Gasteiger partial charge >= 0.3 is 6.03 Å². The van der Waals surface area contributed by atoms with Crippen LogP contribution in [0.25, 0.3) is 0 Å². The van der Waals surface area contributed by atoms with Crippen LogP contribution in [0.2, 0.25) is 0 Å². The number of aromatic nitrogens is 1. The summed E-state index contributed by atoms with van der Waals surface area (Å²) in [7, 11) is 0. The van der Waals surface area contributed by atoms with E-state index in [2.05, 4.69) is 10.1 Å². The Kier molecular flexibility index (Phi) is 5.08. The zero-order valence-electron chi connectivity index (χ0n) is 15.3. The van der Waals surface area contributed by atoms with E-state index in [4.69, 9.17) is 10.00 Å². The molecule has 29 heavy (non-hydrogen) atoms. The number of halogens is 2. The molecule has 0 unspecified atom stereocenters. The third-order valence-electron chi connectivity index (χ3n) is 4.86. The van der Waals surface area contributed by atoms with Crippen molar-refractivity contribution in [3.05, 3.63) is 59.3 Å². The first-order chi connectivity index (χ1) is 14.0. The zero-order valence-corrected chi connectivity index (χ0v) is 15.3. The van der Waals surface area contributed by atoms with Gasteiger partial charge in [-0.05, 0) is 23.8 Å². The number of pyridine rings is 1. The SMILES string of the molecule is N#Cc1ccnc(O[C@@H]2CCN(C(=O)N3N=CC[C@H]3c3cc(F)cc(F)c3)C2)c1. The van der Waals surface area contributed by atoms with Crippen molar-refractivity contribution in [1.82, 2.24) is 14.9 Å². The molecule has 1 fully saturated rings. The molecule has 148 valence electrons. The molecule has 9 heteroatoms.